The SMILES string of the molecule is COc1ccc(CCNC(=O)c2cc(S(=O)(=O)N3CCc4ccccc43)ccc2OC)cc1OC. The van der Waals surface area contributed by atoms with E-state index in [-0.39, 0.29) is 10.5 Å². The van der Waals surface area contributed by atoms with E-state index >= 15 is 0 Å². The Balaban J connectivity index is 1.51. The van der Waals surface area contributed by atoms with Gasteiger partial charge in [-0.1, -0.05) is 24.3 Å². The number of carbonyl (C=O) groups excluding carboxylic acids is 1. The number of hydrogen-bond donors (Lipinski definition) is 1. The van der Waals surface area contributed by atoms with Gasteiger partial charge in [-0.05, 0) is 60.4 Å². The zero-order chi connectivity index (χ0) is 25.0. The molecule has 184 valence electrons. The van der Waals surface area contributed by atoms with Crippen molar-refractivity contribution in [2.75, 3.05) is 38.7 Å². The van der Waals surface area contributed by atoms with Gasteiger partial charge in [0, 0.05) is 13.1 Å². The number of sulfonamides is 1. The lowest BCUT2D eigenvalue weighted by Crippen LogP contribution is -2.30. The molecule has 35 heavy (non-hydrogen) atoms. The summed E-state index contributed by atoms with van der Waals surface area (Å²) < 4.78 is 44.1. The monoisotopic (exact) mass is 496 g/mol. The minimum absolute atomic E-state index is 0.0417. The maximum atomic E-state index is 13.4. The number of anilines is 1. The maximum absolute atomic E-state index is 13.4. The summed E-state index contributed by atoms with van der Waals surface area (Å²) in [4.78, 5) is 13.0. The van der Waals surface area contributed by atoms with Crippen LogP contribution in [0.4, 0.5) is 5.69 Å². The molecule has 9 heteroatoms. The van der Waals surface area contributed by atoms with Crippen LogP contribution in [0.1, 0.15) is 21.5 Å². The molecule has 1 heterocycles. The van der Waals surface area contributed by atoms with Crippen LogP contribution in [0.3, 0.4) is 0 Å². The fourth-order valence-electron chi connectivity index (χ4n) is 4.16. The molecule has 0 saturated carbocycles. The number of ether oxygens (including phenoxy) is 3. The van der Waals surface area contributed by atoms with Gasteiger partial charge in [0.2, 0.25) is 0 Å². The Bertz CT molecular complexity index is 1340. The molecule has 0 spiro atoms. The van der Waals surface area contributed by atoms with Crippen LogP contribution >= 0.6 is 0 Å². The number of nitrogens with one attached hydrogen (secondary N) is 1. The van der Waals surface area contributed by atoms with E-state index in [2.05, 4.69) is 5.32 Å². The molecule has 3 aromatic rings. The minimum atomic E-state index is -3.84. The largest absolute Gasteiger partial charge is 0.496 e. The lowest BCUT2D eigenvalue weighted by molar-refractivity contribution is 0.0951. The molecule has 8 nitrogen and oxygen atoms in total. The molecule has 0 atom stereocenters. The molecule has 1 amide bonds. The Morgan fingerprint density at radius 1 is 0.914 bits per heavy atom. The Kier molecular flexibility index (Phi) is 7.16. The second kappa shape index (κ2) is 10.3. The Hall–Kier alpha value is -3.72. The van der Waals surface area contributed by atoms with E-state index in [0.29, 0.717) is 48.9 Å². The van der Waals surface area contributed by atoms with Crippen molar-refractivity contribution >= 4 is 21.6 Å². The fraction of sp³-hybridized carbons (Fsp3) is 0.269. The van der Waals surface area contributed by atoms with Crippen LogP contribution in [0, 0.1) is 0 Å². The molecule has 1 aliphatic rings. The first kappa shape index (κ1) is 24.4. The van der Waals surface area contributed by atoms with Gasteiger partial charge in [-0.2, -0.15) is 0 Å². The molecular formula is C26H28N2O6S. The molecule has 4 rings (SSSR count). The van der Waals surface area contributed by atoms with E-state index in [9.17, 15) is 13.2 Å². The normalized spacial score (nSPS) is 12.7. The lowest BCUT2D eigenvalue weighted by Gasteiger charge is -2.20. The molecule has 0 bridgehead atoms. The second-order valence-electron chi connectivity index (χ2n) is 8.01. The first-order valence-electron chi connectivity index (χ1n) is 11.2. The number of para-hydroxylation sites is 1. The Morgan fingerprint density at radius 2 is 1.63 bits per heavy atom. The third kappa shape index (κ3) is 4.90. The molecule has 0 fully saturated rings. The number of methoxy groups -OCH3 is 3. The summed E-state index contributed by atoms with van der Waals surface area (Å²) in [5.41, 5.74) is 2.77. The van der Waals surface area contributed by atoms with E-state index in [1.165, 1.54) is 29.6 Å². The summed E-state index contributed by atoms with van der Waals surface area (Å²) in [6, 6.07) is 17.4. The number of benzene rings is 3. The van der Waals surface area contributed by atoms with Crippen LogP contribution in [0.25, 0.3) is 0 Å². The quantitative estimate of drug-likeness (QED) is 0.488. The third-order valence-electron chi connectivity index (χ3n) is 6.00. The highest BCUT2D eigenvalue weighted by Gasteiger charge is 2.31. The number of amides is 1. The number of nitrogens with zero attached hydrogens (tertiary/aromatic N) is 1. The second-order valence-corrected chi connectivity index (χ2v) is 9.88. The van der Waals surface area contributed by atoms with E-state index < -0.39 is 15.9 Å². The lowest BCUT2D eigenvalue weighted by atomic mass is 10.1. The molecule has 0 aromatic heterocycles. The average molecular weight is 497 g/mol. The van der Waals surface area contributed by atoms with E-state index in [4.69, 9.17) is 14.2 Å². The van der Waals surface area contributed by atoms with Crippen LogP contribution in [0.2, 0.25) is 0 Å². The molecule has 1 N–H and O–H groups in total. The zero-order valence-corrected chi connectivity index (χ0v) is 20.7. The van der Waals surface area contributed by atoms with Gasteiger partial charge in [-0.3, -0.25) is 9.10 Å². The van der Waals surface area contributed by atoms with E-state index in [1.807, 2.05) is 36.4 Å². The van der Waals surface area contributed by atoms with Gasteiger partial charge in [0.1, 0.15) is 5.75 Å². The summed E-state index contributed by atoms with van der Waals surface area (Å²) in [5, 5.41) is 2.85. The van der Waals surface area contributed by atoms with Gasteiger partial charge in [0.15, 0.2) is 11.5 Å². The maximum Gasteiger partial charge on any atom is 0.264 e. The van der Waals surface area contributed by atoms with Gasteiger partial charge in [0.25, 0.3) is 15.9 Å². The number of carbonyl (C=O) groups is 1. The molecule has 0 unspecified atom stereocenters. The predicted molar refractivity (Wildman–Crippen MR) is 133 cm³/mol. The van der Waals surface area contributed by atoms with Crippen molar-refractivity contribution in [3.63, 3.8) is 0 Å². The van der Waals surface area contributed by atoms with Gasteiger partial charge in [-0.25, -0.2) is 8.42 Å². The van der Waals surface area contributed by atoms with Gasteiger partial charge >= 0.3 is 0 Å². The number of hydrogen-bond acceptors (Lipinski definition) is 6. The minimum Gasteiger partial charge on any atom is -0.496 e. The van der Waals surface area contributed by atoms with Gasteiger partial charge < -0.3 is 19.5 Å². The van der Waals surface area contributed by atoms with Gasteiger partial charge in [0.05, 0.1) is 37.5 Å². The van der Waals surface area contributed by atoms with Crippen molar-refractivity contribution in [3.8, 4) is 17.2 Å². The van der Waals surface area contributed by atoms with Crippen LogP contribution < -0.4 is 23.8 Å². The van der Waals surface area contributed by atoms with Crippen molar-refractivity contribution in [2.24, 2.45) is 0 Å². The highest BCUT2D eigenvalue weighted by Crippen LogP contribution is 2.34. The molecule has 0 saturated heterocycles. The predicted octanol–water partition coefficient (Wildman–Crippen LogP) is 3.44. The molecule has 1 aliphatic heterocycles. The molecule has 3 aromatic carbocycles. The van der Waals surface area contributed by atoms with E-state index in [1.54, 1.807) is 20.3 Å². The summed E-state index contributed by atoms with van der Waals surface area (Å²) in [6.07, 6.45) is 1.20. The van der Waals surface area contributed by atoms with Crippen molar-refractivity contribution in [1.82, 2.24) is 5.32 Å². The third-order valence-corrected chi connectivity index (χ3v) is 7.80. The molecular weight excluding hydrogens is 468 g/mol. The smallest absolute Gasteiger partial charge is 0.264 e. The van der Waals surface area contributed by atoms with Crippen LogP contribution in [-0.4, -0.2) is 48.7 Å². The summed E-state index contributed by atoms with van der Waals surface area (Å²) in [7, 11) is 0.744. The van der Waals surface area contributed by atoms with Crippen LogP contribution in [0.15, 0.2) is 65.6 Å². The summed E-state index contributed by atoms with van der Waals surface area (Å²) in [6.45, 7) is 0.703. The Morgan fingerprint density at radius 3 is 2.37 bits per heavy atom. The van der Waals surface area contributed by atoms with Crippen molar-refractivity contribution in [2.45, 2.75) is 17.7 Å². The fourth-order valence-corrected chi connectivity index (χ4v) is 5.69. The standard InChI is InChI=1S/C26H28N2O6S/c1-32-23-11-9-20(35(30,31)28-15-13-19-6-4-5-7-22(19)28)17-21(23)26(29)27-14-12-18-8-10-24(33-2)25(16-18)34-3/h4-11,16-17H,12-15H2,1-3H3,(H,27,29). The molecule has 0 radical (unpaired) electrons. The highest BCUT2D eigenvalue weighted by atomic mass is 32.2. The first-order valence-corrected chi connectivity index (χ1v) is 12.6. The summed E-state index contributed by atoms with van der Waals surface area (Å²) in [5.74, 6) is 1.12. The zero-order valence-electron chi connectivity index (χ0n) is 19.9. The van der Waals surface area contributed by atoms with Gasteiger partial charge in [-0.15, -0.1) is 0 Å². The summed E-state index contributed by atoms with van der Waals surface area (Å²) >= 11 is 0. The number of fused-ring (bicyclic) bond motifs is 1. The van der Waals surface area contributed by atoms with Crippen molar-refractivity contribution in [3.05, 3.63) is 77.4 Å². The van der Waals surface area contributed by atoms with Crippen LogP contribution in [-0.2, 0) is 22.9 Å². The van der Waals surface area contributed by atoms with Crippen molar-refractivity contribution in [1.29, 1.82) is 0 Å². The van der Waals surface area contributed by atoms with E-state index in [0.717, 1.165) is 11.1 Å². The number of rotatable bonds is 9. The van der Waals surface area contributed by atoms with Crippen LogP contribution in [0.5, 0.6) is 17.2 Å². The average Bonchev–Trinajstić information content (AvgIpc) is 3.33. The molecule has 0 aliphatic carbocycles. The first-order chi connectivity index (χ1) is 16.9. The Labute approximate surface area is 205 Å². The van der Waals surface area contributed by atoms with Crippen molar-refractivity contribution < 1.29 is 27.4 Å². The topological polar surface area (TPSA) is 94.2 Å². The highest BCUT2D eigenvalue weighted by molar-refractivity contribution is 7.92.